The SMILES string of the molecule is O=C1C[C@@H](OCc2ccccc2)C(=O)N1Cc1ccccc1. The van der Waals surface area contributed by atoms with Crippen LogP contribution in [0.3, 0.4) is 0 Å². The predicted octanol–water partition coefficient (Wildman–Crippen LogP) is 2.53. The molecule has 2 aromatic carbocycles. The Balaban J connectivity index is 1.61. The fourth-order valence-electron chi connectivity index (χ4n) is 2.49. The van der Waals surface area contributed by atoms with E-state index < -0.39 is 6.10 Å². The van der Waals surface area contributed by atoms with Crippen LogP contribution in [-0.4, -0.2) is 22.8 Å². The third-order valence-electron chi connectivity index (χ3n) is 3.68. The molecular formula is C18H17NO3. The second-order valence-electron chi connectivity index (χ2n) is 5.29. The zero-order chi connectivity index (χ0) is 15.4. The van der Waals surface area contributed by atoms with Crippen LogP contribution >= 0.6 is 0 Å². The summed E-state index contributed by atoms with van der Waals surface area (Å²) in [5, 5.41) is 0. The topological polar surface area (TPSA) is 46.6 Å². The third kappa shape index (κ3) is 3.23. The van der Waals surface area contributed by atoms with Crippen molar-refractivity contribution in [2.75, 3.05) is 0 Å². The van der Waals surface area contributed by atoms with Crippen LogP contribution in [0.25, 0.3) is 0 Å². The molecule has 0 unspecified atom stereocenters. The molecule has 0 radical (unpaired) electrons. The monoisotopic (exact) mass is 295 g/mol. The molecule has 0 aliphatic carbocycles. The summed E-state index contributed by atoms with van der Waals surface area (Å²) in [6.07, 6.45) is -0.546. The second kappa shape index (κ2) is 6.54. The van der Waals surface area contributed by atoms with Crippen LogP contribution in [-0.2, 0) is 27.5 Å². The minimum absolute atomic E-state index is 0.124. The van der Waals surface area contributed by atoms with Crippen LogP contribution in [0.5, 0.6) is 0 Å². The first-order valence-corrected chi connectivity index (χ1v) is 7.28. The molecule has 1 fully saturated rings. The molecule has 1 aliphatic heterocycles. The van der Waals surface area contributed by atoms with Gasteiger partial charge in [0.1, 0.15) is 6.10 Å². The van der Waals surface area contributed by atoms with E-state index in [0.29, 0.717) is 13.2 Å². The number of imide groups is 1. The van der Waals surface area contributed by atoms with Crippen LogP contribution in [0.4, 0.5) is 0 Å². The highest BCUT2D eigenvalue weighted by Crippen LogP contribution is 2.20. The van der Waals surface area contributed by atoms with E-state index in [4.69, 9.17) is 4.74 Å². The van der Waals surface area contributed by atoms with Crippen molar-refractivity contribution in [1.82, 2.24) is 4.90 Å². The van der Waals surface area contributed by atoms with Gasteiger partial charge in [-0.05, 0) is 11.1 Å². The van der Waals surface area contributed by atoms with E-state index in [1.807, 2.05) is 60.7 Å². The maximum Gasteiger partial charge on any atom is 0.259 e. The maximum absolute atomic E-state index is 12.3. The Morgan fingerprint density at radius 1 is 0.909 bits per heavy atom. The van der Waals surface area contributed by atoms with Crippen molar-refractivity contribution in [2.24, 2.45) is 0 Å². The van der Waals surface area contributed by atoms with Crippen LogP contribution in [0.1, 0.15) is 17.5 Å². The molecule has 112 valence electrons. The van der Waals surface area contributed by atoms with Crippen LogP contribution in [0.15, 0.2) is 60.7 Å². The van der Waals surface area contributed by atoms with Gasteiger partial charge in [-0.2, -0.15) is 0 Å². The van der Waals surface area contributed by atoms with Gasteiger partial charge in [0.2, 0.25) is 5.91 Å². The number of likely N-dealkylation sites (tertiary alicyclic amines) is 1. The maximum atomic E-state index is 12.3. The predicted molar refractivity (Wildman–Crippen MR) is 81.6 cm³/mol. The summed E-state index contributed by atoms with van der Waals surface area (Å²) in [6.45, 7) is 0.646. The summed E-state index contributed by atoms with van der Waals surface area (Å²) in [7, 11) is 0. The lowest BCUT2D eigenvalue weighted by Gasteiger charge is -2.15. The molecule has 1 saturated heterocycles. The Bertz CT molecular complexity index is 655. The highest BCUT2D eigenvalue weighted by Gasteiger charge is 2.39. The van der Waals surface area contributed by atoms with E-state index in [2.05, 4.69) is 0 Å². The molecule has 1 heterocycles. The summed E-state index contributed by atoms with van der Waals surface area (Å²) in [6, 6.07) is 19.1. The van der Waals surface area contributed by atoms with Crippen LogP contribution < -0.4 is 0 Å². The number of carbonyl (C=O) groups is 2. The zero-order valence-electron chi connectivity index (χ0n) is 12.1. The van der Waals surface area contributed by atoms with Crippen LogP contribution in [0, 0.1) is 0 Å². The Morgan fingerprint density at radius 3 is 2.14 bits per heavy atom. The molecule has 0 aromatic heterocycles. The van der Waals surface area contributed by atoms with E-state index in [1.165, 1.54) is 4.90 Å². The summed E-state index contributed by atoms with van der Waals surface area (Å²) in [4.78, 5) is 25.6. The van der Waals surface area contributed by atoms with Crippen molar-refractivity contribution in [2.45, 2.75) is 25.7 Å². The molecule has 2 amide bonds. The van der Waals surface area contributed by atoms with Crippen molar-refractivity contribution in [3.05, 3.63) is 71.8 Å². The molecule has 0 spiro atoms. The first-order chi connectivity index (χ1) is 10.7. The molecule has 3 rings (SSSR count). The number of hydrogen-bond acceptors (Lipinski definition) is 3. The smallest absolute Gasteiger partial charge is 0.259 e. The van der Waals surface area contributed by atoms with Crippen molar-refractivity contribution in [3.63, 3.8) is 0 Å². The van der Waals surface area contributed by atoms with Gasteiger partial charge in [0.25, 0.3) is 5.91 Å². The number of nitrogens with zero attached hydrogens (tertiary/aromatic N) is 1. The number of rotatable bonds is 5. The number of hydrogen-bond donors (Lipinski definition) is 0. The van der Waals surface area contributed by atoms with Gasteiger partial charge in [-0.1, -0.05) is 60.7 Å². The highest BCUT2D eigenvalue weighted by atomic mass is 16.5. The van der Waals surface area contributed by atoms with Gasteiger partial charge in [0.05, 0.1) is 19.6 Å². The van der Waals surface area contributed by atoms with E-state index in [1.54, 1.807) is 0 Å². The summed E-state index contributed by atoms with van der Waals surface area (Å²) >= 11 is 0. The Morgan fingerprint density at radius 2 is 1.50 bits per heavy atom. The van der Waals surface area contributed by atoms with Gasteiger partial charge in [0, 0.05) is 0 Å². The summed E-state index contributed by atoms with van der Waals surface area (Å²) < 4.78 is 5.63. The number of ether oxygens (including phenoxy) is 1. The zero-order valence-corrected chi connectivity index (χ0v) is 12.1. The Hall–Kier alpha value is -2.46. The van der Waals surface area contributed by atoms with Gasteiger partial charge in [-0.15, -0.1) is 0 Å². The molecule has 0 bridgehead atoms. The third-order valence-corrected chi connectivity index (χ3v) is 3.68. The standard InChI is InChI=1S/C18H17NO3/c20-17-11-16(22-13-15-9-5-2-6-10-15)18(21)19(17)12-14-7-3-1-4-8-14/h1-10,16H,11-13H2/t16-/m1/s1. The van der Waals surface area contributed by atoms with Gasteiger partial charge in [-0.25, -0.2) is 0 Å². The van der Waals surface area contributed by atoms with Crippen molar-refractivity contribution in [1.29, 1.82) is 0 Å². The Kier molecular flexibility index (Phi) is 4.30. The molecule has 2 aromatic rings. The van der Waals surface area contributed by atoms with Crippen molar-refractivity contribution >= 4 is 11.8 Å². The van der Waals surface area contributed by atoms with Crippen molar-refractivity contribution < 1.29 is 14.3 Å². The fraction of sp³-hybridized carbons (Fsp3) is 0.222. The molecule has 1 aliphatic rings. The van der Waals surface area contributed by atoms with Crippen LogP contribution in [0.2, 0.25) is 0 Å². The van der Waals surface area contributed by atoms with E-state index in [0.717, 1.165) is 11.1 Å². The van der Waals surface area contributed by atoms with Gasteiger partial charge < -0.3 is 4.74 Å². The molecule has 0 N–H and O–H groups in total. The lowest BCUT2D eigenvalue weighted by molar-refractivity contribution is -0.143. The van der Waals surface area contributed by atoms with E-state index in [9.17, 15) is 9.59 Å². The molecule has 22 heavy (non-hydrogen) atoms. The molecular weight excluding hydrogens is 278 g/mol. The van der Waals surface area contributed by atoms with Crippen molar-refractivity contribution in [3.8, 4) is 0 Å². The largest absolute Gasteiger partial charge is 0.363 e. The summed E-state index contributed by atoms with van der Waals surface area (Å²) in [5.74, 6) is -0.420. The first-order valence-electron chi connectivity index (χ1n) is 7.28. The summed E-state index contributed by atoms with van der Waals surface area (Å²) in [5.41, 5.74) is 1.93. The normalized spacial score (nSPS) is 18.0. The number of benzene rings is 2. The lowest BCUT2D eigenvalue weighted by Crippen LogP contribution is -2.32. The van der Waals surface area contributed by atoms with E-state index in [-0.39, 0.29) is 18.2 Å². The average molecular weight is 295 g/mol. The minimum atomic E-state index is -0.670. The number of amides is 2. The fourth-order valence-corrected chi connectivity index (χ4v) is 2.49. The minimum Gasteiger partial charge on any atom is -0.363 e. The van der Waals surface area contributed by atoms with Gasteiger partial charge >= 0.3 is 0 Å². The van der Waals surface area contributed by atoms with Gasteiger partial charge in [-0.3, -0.25) is 14.5 Å². The first kappa shape index (κ1) is 14.5. The second-order valence-corrected chi connectivity index (χ2v) is 5.29. The highest BCUT2D eigenvalue weighted by molar-refractivity contribution is 6.04. The lowest BCUT2D eigenvalue weighted by atomic mass is 10.2. The van der Waals surface area contributed by atoms with E-state index >= 15 is 0 Å². The number of carbonyl (C=O) groups excluding carboxylic acids is 2. The average Bonchev–Trinajstić information content (AvgIpc) is 2.82. The molecule has 4 heteroatoms. The Labute approximate surface area is 129 Å². The van der Waals surface area contributed by atoms with Gasteiger partial charge in [0.15, 0.2) is 0 Å². The quantitative estimate of drug-likeness (QED) is 0.796. The molecule has 0 saturated carbocycles. The molecule has 4 nitrogen and oxygen atoms in total. The molecule has 1 atom stereocenters.